The highest BCUT2D eigenvalue weighted by Gasteiger charge is 2.24. The fourth-order valence-corrected chi connectivity index (χ4v) is 6.34. The largest absolute Gasteiger partial charge is 0.341 e. The highest BCUT2D eigenvalue weighted by atomic mass is 14.9. The number of hydrogen-bond donors (Lipinski definition) is 1. The van der Waals surface area contributed by atoms with E-state index in [1.165, 1.54) is 54.7 Å². The van der Waals surface area contributed by atoms with E-state index in [9.17, 15) is 0 Å². The average molecular weight is 520 g/mol. The summed E-state index contributed by atoms with van der Waals surface area (Å²) in [4.78, 5) is 22.7. The first-order chi connectivity index (χ1) is 19.5. The zero-order chi connectivity index (χ0) is 27.1. The molecule has 1 N–H and O–H groups in total. The van der Waals surface area contributed by atoms with Crippen molar-refractivity contribution in [3.63, 3.8) is 0 Å². The molecule has 2 aromatic heterocycles. The van der Waals surface area contributed by atoms with Crippen molar-refractivity contribution in [1.29, 1.82) is 0 Å². The van der Waals surface area contributed by atoms with Gasteiger partial charge in [0.05, 0.1) is 16.7 Å². The van der Waals surface area contributed by atoms with Crippen molar-refractivity contribution >= 4 is 65.7 Å². The summed E-state index contributed by atoms with van der Waals surface area (Å²) in [7, 11) is 0. The number of nitrogens with zero attached hydrogens (tertiary/aromatic N) is 4. The Hall–Kier alpha value is -4.64. The second-order valence-corrected chi connectivity index (χ2v) is 11.6. The number of rotatable bonds is 3. The van der Waals surface area contributed by atoms with Crippen LogP contribution >= 0.6 is 0 Å². The van der Waals surface area contributed by atoms with Gasteiger partial charge in [0.25, 0.3) is 0 Å². The van der Waals surface area contributed by atoms with Crippen LogP contribution in [0, 0.1) is 5.92 Å². The Morgan fingerprint density at radius 1 is 0.700 bits per heavy atom. The van der Waals surface area contributed by atoms with Crippen LogP contribution in [-0.4, -0.2) is 25.6 Å². The van der Waals surface area contributed by atoms with Crippen molar-refractivity contribution in [2.45, 2.75) is 40.0 Å². The fourth-order valence-electron chi connectivity index (χ4n) is 6.34. The molecule has 5 aromatic carbocycles. The second kappa shape index (κ2) is 8.43. The van der Waals surface area contributed by atoms with Gasteiger partial charge < -0.3 is 4.98 Å². The van der Waals surface area contributed by atoms with Crippen molar-refractivity contribution in [2.75, 3.05) is 0 Å². The molecule has 0 aliphatic carbocycles. The SMILES string of the molecule is CC(C)C1=Nc2c(c3ccc(-c4ccc5c(c4)c4ccccc4c4nc(C(C)C)[nH]c54)cc3c3cncnc23)C1. The molecule has 8 rings (SSSR count). The van der Waals surface area contributed by atoms with Gasteiger partial charge in [-0.2, -0.15) is 0 Å². The Morgan fingerprint density at radius 2 is 1.43 bits per heavy atom. The quantitative estimate of drug-likeness (QED) is 0.237. The van der Waals surface area contributed by atoms with Crippen LogP contribution < -0.4 is 0 Å². The number of aromatic amines is 1. The van der Waals surface area contributed by atoms with Crippen LogP contribution in [0.4, 0.5) is 5.69 Å². The van der Waals surface area contributed by atoms with E-state index < -0.39 is 0 Å². The number of imidazole rings is 1. The molecule has 0 fully saturated rings. The summed E-state index contributed by atoms with van der Waals surface area (Å²) < 4.78 is 0. The lowest BCUT2D eigenvalue weighted by atomic mass is 9.91. The molecule has 0 saturated carbocycles. The van der Waals surface area contributed by atoms with Gasteiger partial charge in [0, 0.05) is 40.4 Å². The van der Waals surface area contributed by atoms with Crippen molar-refractivity contribution in [1.82, 2.24) is 19.9 Å². The summed E-state index contributed by atoms with van der Waals surface area (Å²) in [6, 6.07) is 22.3. The van der Waals surface area contributed by atoms with Gasteiger partial charge in [0.1, 0.15) is 17.7 Å². The predicted octanol–water partition coefficient (Wildman–Crippen LogP) is 9.04. The molecule has 0 spiro atoms. The van der Waals surface area contributed by atoms with Crippen molar-refractivity contribution in [3.8, 4) is 11.1 Å². The summed E-state index contributed by atoms with van der Waals surface area (Å²) in [6.45, 7) is 8.79. The van der Waals surface area contributed by atoms with E-state index in [1.54, 1.807) is 6.33 Å². The molecule has 0 unspecified atom stereocenters. The minimum absolute atomic E-state index is 0.334. The van der Waals surface area contributed by atoms with E-state index in [0.717, 1.165) is 39.9 Å². The van der Waals surface area contributed by atoms with E-state index in [-0.39, 0.29) is 0 Å². The third-order valence-corrected chi connectivity index (χ3v) is 8.50. The third-order valence-electron chi connectivity index (χ3n) is 8.50. The smallest absolute Gasteiger partial charge is 0.116 e. The van der Waals surface area contributed by atoms with Crippen LogP contribution in [0.2, 0.25) is 0 Å². The minimum Gasteiger partial charge on any atom is -0.341 e. The van der Waals surface area contributed by atoms with Gasteiger partial charge in [-0.25, -0.2) is 15.0 Å². The van der Waals surface area contributed by atoms with Crippen molar-refractivity contribution in [2.24, 2.45) is 10.9 Å². The van der Waals surface area contributed by atoms with E-state index >= 15 is 0 Å². The summed E-state index contributed by atoms with van der Waals surface area (Å²) >= 11 is 0. The number of H-pyrrole nitrogens is 1. The molecule has 0 amide bonds. The molecule has 0 atom stereocenters. The standard InChI is InChI=1S/C35H29N5/c1-18(2)30-15-28-23-11-9-20(14-27(23)29-16-36-17-37-31(29)34(28)38-30)21-10-12-25-26(13-21)22-7-5-6-8-24(22)32-33(25)40-35(39-32)19(3)4/h5-14,16-19H,15H2,1-4H3,(H,39,40). The maximum absolute atomic E-state index is 5.03. The Morgan fingerprint density at radius 3 is 2.17 bits per heavy atom. The van der Waals surface area contributed by atoms with Gasteiger partial charge in [0.2, 0.25) is 0 Å². The molecule has 5 nitrogen and oxygen atoms in total. The van der Waals surface area contributed by atoms with Gasteiger partial charge in [-0.05, 0) is 56.3 Å². The Balaban J connectivity index is 1.37. The first kappa shape index (κ1) is 23.3. The Kier molecular flexibility index (Phi) is 4.90. The summed E-state index contributed by atoms with van der Waals surface area (Å²) in [5, 5.41) is 8.32. The van der Waals surface area contributed by atoms with Gasteiger partial charge in [-0.1, -0.05) is 76.2 Å². The van der Waals surface area contributed by atoms with E-state index in [2.05, 4.69) is 103 Å². The molecule has 3 heterocycles. The second-order valence-electron chi connectivity index (χ2n) is 11.6. The number of hydrogen-bond acceptors (Lipinski definition) is 4. The highest BCUT2D eigenvalue weighted by molar-refractivity contribution is 6.24. The molecule has 1 aliphatic rings. The number of aromatic nitrogens is 4. The van der Waals surface area contributed by atoms with Crippen LogP contribution in [0.1, 0.15) is 45.0 Å². The van der Waals surface area contributed by atoms with Crippen LogP contribution in [-0.2, 0) is 6.42 Å². The molecule has 5 heteroatoms. The first-order valence-corrected chi connectivity index (χ1v) is 14.1. The lowest BCUT2D eigenvalue weighted by molar-refractivity contribution is 0.799. The van der Waals surface area contributed by atoms with Crippen LogP contribution in [0.15, 0.2) is 78.2 Å². The van der Waals surface area contributed by atoms with E-state index in [4.69, 9.17) is 9.98 Å². The average Bonchev–Trinajstić information content (AvgIpc) is 3.64. The van der Waals surface area contributed by atoms with Gasteiger partial charge in [-0.15, -0.1) is 0 Å². The normalized spacial score (nSPS) is 13.5. The van der Waals surface area contributed by atoms with Gasteiger partial charge >= 0.3 is 0 Å². The highest BCUT2D eigenvalue weighted by Crippen LogP contribution is 2.43. The molecular weight excluding hydrogens is 490 g/mol. The van der Waals surface area contributed by atoms with Crippen molar-refractivity contribution in [3.05, 3.63) is 84.6 Å². The van der Waals surface area contributed by atoms with Gasteiger partial charge in [-0.3, -0.25) is 4.99 Å². The summed E-state index contributed by atoms with van der Waals surface area (Å²) in [5.41, 5.74) is 8.99. The zero-order valence-electron chi connectivity index (χ0n) is 23.1. The number of nitrogens with one attached hydrogen (secondary N) is 1. The minimum atomic E-state index is 0.334. The first-order valence-electron chi connectivity index (χ1n) is 14.1. The lowest BCUT2D eigenvalue weighted by Gasteiger charge is -2.13. The molecule has 0 saturated heterocycles. The lowest BCUT2D eigenvalue weighted by Crippen LogP contribution is -2.06. The zero-order valence-corrected chi connectivity index (χ0v) is 23.1. The topological polar surface area (TPSA) is 66.8 Å². The third kappa shape index (κ3) is 3.27. The Labute approximate surface area is 232 Å². The summed E-state index contributed by atoms with van der Waals surface area (Å²) in [6.07, 6.45) is 4.45. The molecule has 194 valence electrons. The van der Waals surface area contributed by atoms with Crippen LogP contribution in [0.5, 0.6) is 0 Å². The van der Waals surface area contributed by atoms with Crippen LogP contribution in [0.25, 0.3) is 65.4 Å². The van der Waals surface area contributed by atoms with Crippen LogP contribution in [0.3, 0.4) is 0 Å². The number of benzene rings is 5. The van der Waals surface area contributed by atoms with E-state index in [1.807, 2.05) is 6.20 Å². The molecule has 0 radical (unpaired) electrons. The Bertz CT molecular complexity index is 2200. The molecule has 0 bridgehead atoms. The van der Waals surface area contributed by atoms with E-state index in [0.29, 0.717) is 11.8 Å². The number of fused-ring (bicyclic) bond motifs is 12. The maximum Gasteiger partial charge on any atom is 0.116 e. The summed E-state index contributed by atoms with van der Waals surface area (Å²) in [5.74, 6) is 1.77. The van der Waals surface area contributed by atoms with Crippen molar-refractivity contribution < 1.29 is 0 Å². The number of aliphatic imine (C=N–C) groups is 1. The monoisotopic (exact) mass is 519 g/mol. The van der Waals surface area contributed by atoms with Gasteiger partial charge in [0.15, 0.2) is 0 Å². The molecule has 40 heavy (non-hydrogen) atoms. The fraction of sp³-hybridized carbons (Fsp3) is 0.200. The molecule has 1 aliphatic heterocycles. The molecule has 7 aromatic rings. The molecular formula is C35H29N5. The predicted molar refractivity (Wildman–Crippen MR) is 167 cm³/mol. The maximum atomic E-state index is 5.03.